The fourth-order valence-corrected chi connectivity index (χ4v) is 4.96. The molecule has 0 aliphatic carbocycles. The molecule has 1 aromatic rings. The highest BCUT2D eigenvalue weighted by atomic mass is 32.2. The SMILES string of the molecule is Oc1ccc(C(CN2CCSCC2)N2CCSCC2)cc1. The average Bonchev–Trinajstić information content (AvgIpc) is 2.55. The predicted octanol–water partition coefficient (Wildman–Crippen LogP) is 2.53. The number of hydrogen-bond acceptors (Lipinski definition) is 5. The third-order valence-electron chi connectivity index (χ3n) is 4.30. The fourth-order valence-electron chi connectivity index (χ4n) is 3.05. The molecule has 5 heteroatoms. The minimum Gasteiger partial charge on any atom is -0.508 e. The topological polar surface area (TPSA) is 26.7 Å². The maximum Gasteiger partial charge on any atom is 0.115 e. The number of thioether (sulfide) groups is 2. The molecular weight excluding hydrogens is 300 g/mol. The van der Waals surface area contributed by atoms with Crippen molar-refractivity contribution in [3.63, 3.8) is 0 Å². The van der Waals surface area contributed by atoms with Gasteiger partial charge in [-0.05, 0) is 17.7 Å². The molecule has 0 amide bonds. The highest BCUT2D eigenvalue weighted by Gasteiger charge is 2.25. The molecular formula is C16H24N2OS2. The van der Waals surface area contributed by atoms with Crippen molar-refractivity contribution in [3.05, 3.63) is 29.8 Å². The summed E-state index contributed by atoms with van der Waals surface area (Å²) in [6.07, 6.45) is 0. The van der Waals surface area contributed by atoms with Crippen LogP contribution in [-0.2, 0) is 0 Å². The summed E-state index contributed by atoms with van der Waals surface area (Å²) in [5, 5.41) is 9.54. The van der Waals surface area contributed by atoms with E-state index in [1.54, 1.807) is 0 Å². The van der Waals surface area contributed by atoms with Crippen molar-refractivity contribution in [2.45, 2.75) is 6.04 Å². The Morgan fingerprint density at radius 2 is 1.48 bits per heavy atom. The summed E-state index contributed by atoms with van der Waals surface area (Å²) >= 11 is 4.13. The van der Waals surface area contributed by atoms with Crippen molar-refractivity contribution in [2.75, 3.05) is 55.7 Å². The lowest BCUT2D eigenvalue weighted by Crippen LogP contribution is -2.44. The van der Waals surface area contributed by atoms with Gasteiger partial charge in [0.15, 0.2) is 0 Å². The Morgan fingerprint density at radius 3 is 2.10 bits per heavy atom. The summed E-state index contributed by atoms with van der Waals surface area (Å²) in [6.45, 7) is 5.90. The van der Waals surface area contributed by atoms with Crippen LogP contribution in [0.25, 0.3) is 0 Å². The molecule has 0 spiro atoms. The number of rotatable bonds is 4. The van der Waals surface area contributed by atoms with E-state index in [1.165, 1.54) is 54.8 Å². The Balaban J connectivity index is 1.74. The monoisotopic (exact) mass is 324 g/mol. The van der Waals surface area contributed by atoms with Crippen LogP contribution < -0.4 is 0 Å². The summed E-state index contributed by atoms with van der Waals surface area (Å²) in [7, 11) is 0. The maximum atomic E-state index is 9.54. The first-order valence-electron chi connectivity index (χ1n) is 7.74. The van der Waals surface area contributed by atoms with E-state index in [9.17, 15) is 5.11 Å². The van der Waals surface area contributed by atoms with E-state index in [0.29, 0.717) is 11.8 Å². The molecule has 2 fully saturated rings. The summed E-state index contributed by atoms with van der Waals surface area (Å²) in [5.41, 5.74) is 1.35. The molecule has 2 aliphatic heterocycles. The van der Waals surface area contributed by atoms with E-state index in [2.05, 4.69) is 45.5 Å². The van der Waals surface area contributed by atoms with Crippen molar-refractivity contribution < 1.29 is 5.11 Å². The number of nitrogens with zero attached hydrogens (tertiary/aromatic N) is 2. The maximum absolute atomic E-state index is 9.54. The van der Waals surface area contributed by atoms with Gasteiger partial charge in [-0.2, -0.15) is 23.5 Å². The smallest absolute Gasteiger partial charge is 0.115 e. The van der Waals surface area contributed by atoms with Gasteiger partial charge in [0.05, 0.1) is 0 Å². The van der Waals surface area contributed by atoms with E-state index in [1.807, 2.05) is 12.1 Å². The van der Waals surface area contributed by atoms with Crippen LogP contribution in [0.4, 0.5) is 0 Å². The molecule has 2 saturated heterocycles. The third kappa shape index (κ3) is 4.31. The lowest BCUT2D eigenvalue weighted by atomic mass is 10.0. The molecule has 0 aromatic heterocycles. The van der Waals surface area contributed by atoms with Crippen molar-refractivity contribution in [2.24, 2.45) is 0 Å². The van der Waals surface area contributed by atoms with E-state index >= 15 is 0 Å². The van der Waals surface area contributed by atoms with Gasteiger partial charge in [0.25, 0.3) is 0 Å². The molecule has 21 heavy (non-hydrogen) atoms. The highest BCUT2D eigenvalue weighted by Crippen LogP contribution is 2.27. The number of aromatic hydroxyl groups is 1. The summed E-state index contributed by atoms with van der Waals surface area (Å²) in [5.74, 6) is 5.37. The van der Waals surface area contributed by atoms with Crippen LogP contribution in [0.5, 0.6) is 5.75 Å². The van der Waals surface area contributed by atoms with Crippen LogP contribution >= 0.6 is 23.5 Å². The van der Waals surface area contributed by atoms with Crippen molar-refractivity contribution >= 4 is 23.5 Å². The Bertz CT molecular complexity index is 428. The molecule has 2 aliphatic rings. The number of phenolic OH excluding ortho intramolecular Hbond substituents is 1. The summed E-state index contributed by atoms with van der Waals surface area (Å²) in [6, 6.07) is 8.32. The largest absolute Gasteiger partial charge is 0.508 e. The second-order valence-corrected chi connectivity index (χ2v) is 8.12. The standard InChI is InChI=1S/C16H24N2OS2/c19-15-3-1-14(2-4-15)16(18-7-11-21-12-8-18)13-17-5-9-20-10-6-17/h1-4,16,19H,5-13H2. The van der Waals surface area contributed by atoms with Gasteiger partial charge in [0.2, 0.25) is 0 Å². The third-order valence-corrected chi connectivity index (χ3v) is 6.18. The normalized spacial score (nSPS) is 23.0. The van der Waals surface area contributed by atoms with Gasteiger partial charge >= 0.3 is 0 Å². The van der Waals surface area contributed by atoms with E-state index in [0.717, 1.165) is 6.54 Å². The second kappa shape index (κ2) is 7.77. The molecule has 1 N–H and O–H groups in total. The van der Waals surface area contributed by atoms with Gasteiger partial charge in [-0.15, -0.1) is 0 Å². The quantitative estimate of drug-likeness (QED) is 0.918. The van der Waals surface area contributed by atoms with E-state index in [4.69, 9.17) is 0 Å². The van der Waals surface area contributed by atoms with Gasteiger partial charge in [0, 0.05) is 61.8 Å². The number of hydrogen-bond donors (Lipinski definition) is 1. The minimum absolute atomic E-state index is 0.362. The Kier molecular flexibility index (Phi) is 5.75. The zero-order valence-corrected chi connectivity index (χ0v) is 14.0. The molecule has 3 rings (SSSR count). The highest BCUT2D eigenvalue weighted by molar-refractivity contribution is 7.99. The molecule has 3 nitrogen and oxygen atoms in total. The molecule has 116 valence electrons. The summed E-state index contributed by atoms with van der Waals surface area (Å²) < 4.78 is 0. The number of benzene rings is 1. The summed E-state index contributed by atoms with van der Waals surface area (Å²) in [4.78, 5) is 5.24. The van der Waals surface area contributed by atoms with Crippen LogP contribution in [0.3, 0.4) is 0 Å². The van der Waals surface area contributed by atoms with Crippen LogP contribution in [0.1, 0.15) is 11.6 Å². The molecule has 1 unspecified atom stereocenters. The lowest BCUT2D eigenvalue weighted by Gasteiger charge is -2.38. The van der Waals surface area contributed by atoms with E-state index in [-0.39, 0.29) is 0 Å². The first-order chi connectivity index (χ1) is 10.3. The zero-order valence-electron chi connectivity index (χ0n) is 12.4. The first-order valence-corrected chi connectivity index (χ1v) is 10.0. The van der Waals surface area contributed by atoms with Gasteiger partial charge in [-0.25, -0.2) is 0 Å². The molecule has 0 radical (unpaired) electrons. The predicted molar refractivity (Wildman–Crippen MR) is 93.5 cm³/mol. The van der Waals surface area contributed by atoms with Crippen LogP contribution in [0.15, 0.2) is 24.3 Å². The van der Waals surface area contributed by atoms with Crippen molar-refractivity contribution in [3.8, 4) is 5.75 Å². The fraction of sp³-hybridized carbons (Fsp3) is 0.625. The second-order valence-electron chi connectivity index (χ2n) is 5.67. The zero-order chi connectivity index (χ0) is 14.5. The number of phenols is 1. The Morgan fingerprint density at radius 1 is 0.905 bits per heavy atom. The lowest BCUT2D eigenvalue weighted by molar-refractivity contribution is 0.155. The molecule has 1 aromatic carbocycles. The minimum atomic E-state index is 0.362. The van der Waals surface area contributed by atoms with Gasteiger partial charge < -0.3 is 5.11 Å². The van der Waals surface area contributed by atoms with Crippen LogP contribution in [0, 0.1) is 0 Å². The Labute approximate surface area is 136 Å². The first kappa shape index (κ1) is 15.5. The molecule has 0 saturated carbocycles. The van der Waals surface area contributed by atoms with Gasteiger partial charge in [-0.1, -0.05) is 12.1 Å². The van der Waals surface area contributed by atoms with Crippen molar-refractivity contribution in [1.29, 1.82) is 0 Å². The van der Waals surface area contributed by atoms with Gasteiger partial charge in [-0.3, -0.25) is 9.80 Å². The Hall–Kier alpha value is -0.360. The van der Waals surface area contributed by atoms with Crippen LogP contribution in [0.2, 0.25) is 0 Å². The van der Waals surface area contributed by atoms with Crippen molar-refractivity contribution in [1.82, 2.24) is 9.80 Å². The molecule has 2 heterocycles. The average molecular weight is 325 g/mol. The van der Waals surface area contributed by atoms with E-state index < -0.39 is 0 Å². The van der Waals surface area contributed by atoms with Crippen LogP contribution in [-0.4, -0.2) is 70.6 Å². The molecule has 1 atom stereocenters. The van der Waals surface area contributed by atoms with Gasteiger partial charge in [0.1, 0.15) is 5.75 Å². The molecule has 0 bridgehead atoms.